The molecular weight excluding hydrogens is 234 g/mol. The minimum absolute atomic E-state index is 0.493. The molecule has 0 spiro atoms. The minimum atomic E-state index is -0.561. The molecule has 1 aromatic rings. The highest BCUT2D eigenvalue weighted by Gasteiger charge is 2.47. The Morgan fingerprint density at radius 1 is 1.56 bits per heavy atom. The quantitative estimate of drug-likeness (QED) is 0.593. The van der Waals surface area contributed by atoms with E-state index in [1.807, 2.05) is 0 Å². The first-order chi connectivity index (χ1) is 8.36. The van der Waals surface area contributed by atoms with Crippen LogP contribution in [0.3, 0.4) is 0 Å². The van der Waals surface area contributed by atoms with Gasteiger partial charge in [-0.25, -0.2) is 19.1 Å². The highest BCUT2D eigenvalue weighted by atomic mass is 16.6. The molecule has 0 aliphatic heterocycles. The summed E-state index contributed by atoms with van der Waals surface area (Å²) < 4.78 is 6.47. The number of nitrogens with zero attached hydrogens (tertiary/aromatic N) is 3. The maximum absolute atomic E-state index is 11.8. The third-order valence-corrected chi connectivity index (χ3v) is 2.65. The molecule has 1 heterocycles. The second-order valence-electron chi connectivity index (χ2n) is 5.38. The Morgan fingerprint density at radius 3 is 2.72 bits per heavy atom. The lowest BCUT2D eigenvalue weighted by atomic mass is 10.2. The Kier molecular flexibility index (Phi) is 2.83. The molecular formula is C12H15N3O3. The molecule has 1 fully saturated rings. The standard InChI is InChI=1S/C12H15N3O3/c1-11(2,3)18-10(17)15-6-9(13-7-15)12(4-5-12)14-8-16/h6-7H,4-5H2,1-3H3. The molecule has 0 radical (unpaired) electrons. The Morgan fingerprint density at radius 2 is 2.22 bits per heavy atom. The summed E-state index contributed by atoms with van der Waals surface area (Å²) in [6.45, 7) is 5.38. The number of isocyanates is 1. The van der Waals surface area contributed by atoms with Crippen LogP contribution in [0.5, 0.6) is 0 Å². The van der Waals surface area contributed by atoms with Gasteiger partial charge in [-0.15, -0.1) is 0 Å². The minimum Gasteiger partial charge on any atom is -0.443 e. The van der Waals surface area contributed by atoms with Gasteiger partial charge in [0.2, 0.25) is 6.08 Å². The molecule has 1 saturated carbocycles. The molecule has 1 aromatic heterocycles. The van der Waals surface area contributed by atoms with Crippen LogP contribution < -0.4 is 0 Å². The number of carbonyl (C=O) groups excluding carboxylic acids is 2. The van der Waals surface area contributed by atoms with E-state index in [9.17, 15) is 9.59 Å². The summed E-state index contributed by atoms with van der Waals surface area (Å²) in [6, 6.07) is 0. The first-order valence-electron chi connectivity index (χ1n) is 5.73. The van der Waals surface area contributed by atoms with Crippen molar-refractivity contribution in [2.45, 2.75) is 44.8 Å². The van der Waals surface area contributed by atoms with Crippen LogP contribution in [0, 0.1) is 0 Å². The van der Waals surface area contributed by atoms with Gasteiger partial charge in [0.1, 0.15) is 17.5 Å². The molecule has 1 aliphatic rings. The van der Waals surface area contributed by atoms with Gasteiger partial charge >= 0.3 is 6.09 Å². The van der Waals surface area contributed by atoms with E-state index in [1.165, 1.54) is 10.9 Å². The Labute approximate surface area is 105 Å². The molecule has 0 bridgehead atoms. The zero-order valence-electron chi connectivity index (χ0n) is 10.6. The van der Waals surface area contributed by atoms with E-state index < -0.39 is 17.2 Å². The van der Waals surface area contributed by atoms with Crippen molar-refractivity contribution >= 4 is 12.2 Å². The topological polar surface area (TPSA) is 73.6 Å². The number of hydrogen-bond donors (Lipinski definition) is 0. The monoisotopic (exact) mass is 249 g/mol. The average Bonchev–Trinajstić information content (AvgIpc) is 2.86. The van der Waals surface area contributed by atoms with Crippen LogP contribution in [0.1, 0.15) is 39.3 Å². The molecule has 0 aromatic carbocycles. The summed E-state index contributed by atoms with van der Waals surface area (Å²) in [5.74, 6) is 0. The first kappa shape index (κ1) is 12.5. The number of imidazole rings is 1. The number of hydrogen-bond acceptors (Lipinski definition) is 5. The molecule has 2 rings (SSSR count). The molecule has 0 saturated heterocycles. The molecule has 0 atom stereocenters. The maximum Gasteiger partial charge on any atom is 0.419 e. The lowest BCUT2D eigenvalue weighted by molar-refractivity contribution is 0.0536. The van der Waals surface area contributed by atoms with E-state index in [1.54, 1.807) is 33.0 Å². The number of ether oxygens (including phenoxy) is 1. The van der Waals surface area contributed by atoms with E-state index in [2.05, 4.69) is 9.98 Å². The van der Waals surface area contributed by atoms with Crippen molar-refractivity contribution in [2.75, 3.05) is 0 Å². The van der Waals surface area contributed by atoms with Crippen molar-refractivity contribution in [3.8, 4) is 0 Å². The van der Waals surface area contributed by atoms with E-state index in [0.717, 1.165) is 12.8 Å². The normalized spacial score (nSPS) is 16.8. The summed E-state index contributed by atoms with van der Waals surface area (Å²) in [4.78, 5) is 30.0. The van der Waals surface area contributed by atoms with Crippen molar-refractivity contribution in [3.05, 3.63) is 18.2 Å². The van der Waals surface area contributed by atoms with Gasteiger partial charge in [-0.05, 0) is 33.6 Å². The molecule has 6 nitrogen and oxygen atoms in total. The van der Waals surface area contributed by atoms with E-state index in [-0.39, 0.29) is 0 Å². The largest absolute Gasteiger partial charge is 0.443 e. The van der Waals surface area contributed by atoms with Gasteiger partial charge in [0.15, 0.2) is 0 Å². The lowest BCUT2D eigenvalue weighted by Crippen LogP contribution is -2.26. The fraction of sp³-hybridized carbons (Fsp3) is 0.583. The maximum atomic E-state index is 11.8. The average molecular weight is 249 g/mol. The third kappa shape index (κ3) is 2.49. The lowest BCUT2D eigenvalue weighted by Gasteiger charge is -2.19. The van der Waals surface area contributed by atoms with Gasteiger partial charge in [-0.2, -0.15) is 4.99 Å². The SMILES string of the molecule is CC(C)(C)OC(=O)n1cnc(C2(N=C=O)CC2)c1. The fourth-order valence-corrected chi connectivity index (χ4v) is 1.61. The third-order valence-electron chi connectivity index (χ3n) is 2.65. The predicted molar refractivity (Wildman–Crippen MR) is 62.9 cm³/mol. The van der Waals surface area contributed by atoms with Gasteiger partial charge in [0.25, 0.3) is 0 Å². The van der Waals surface area contributed by atoms with E-state index in [0.29, 0.717) is 5.69 Å². The van der Waals surface area contributed by atoms with Crippen molar-refractivity contribution in [2.24, 2.45) is 4.99 Å². The molecule has 0 N–H and O–H groups in total. The molecule has 0 amide bonds. The zero-order chi connectivity index (χ0) is 13.4. The van der Waals surface area contributed by atoms with Crippen molar-refractivity contribution in [3.63, 3.8) is 0 Å². The molecule has 1 aliphatic carbocycles. The molecule has 18 heavy (non-hydrogen) atoms. The van der Waals surface area contributed by atoms with Gasteiger partial charge in [0.05, 0.1) is 5.69 Å². The smallest absolute Gasteiger partial charge is 0.419 e. The summed E-state index contributed by atoms with van der Waals surface area (Å²) >= 11 is 0. The predicted octanol–water partition coefficient (Wildman–Crippen LogP) is 1.99. The molecule has 0 unspecified atom stereocenters. The molecule has 6 heteroatoms. The molecule has 96 valence electrons. The second-order valence-corrected chi connectivity index (χ2v) is 5.38. The van der Waals surface area contributed by atoms with Gasteiger partial charge < -0.3 is 4.74 Å². The van der Waals surface area contributed by atoms with Crippen LogP contribution >= 0.6 is 0 Å². The van der Waals surface area contributed by atoms with E-state index >= 15 is 0 Å². The Bertz CT molecular complexity index is 517. The van der Waals surface area contributed by atoms with Crippen molar-refractivity contribution < 1.29 is 14.3 Å². The van der Waals surface area contributed by atoms with Crippen LogP contribution in [0.4, 0.5) is 4.79 Å². The van der Waals surface area contributed by atoms with Gasteiger partial charge in [0, 0.05) is 6.20 Å². The van der Waals surface area contributed by atoms with Crippen molar-refractivity contribution in [1.82, 2.24) is 9.55 Å². The Balaban J connectivity index is 2.16. The van der Waals surface area contributed by atoms with Gasteiger partial charge in [-0.1, -0.05) is 0 Å². The van der Waals surface area contributed by atoms with Crippen LogP contribution in [-0.2, 0) is 15.1 Å². The summed E-state index contributed by atoms with van der Waals surface area (Å²) in [5.41, 5.74) is -0.508. The first-order valence-corrected chi connectivity index (χ1v) is 5.73. The van der Waals surface area contributed by atoms with Gasteiger partial charge in [-0.3, -0.25) is 0 Å². The summed E-state index contributed by atoms with van der Waals surface area (Å²) in [7, 11) is 0. The van der Waals surface area contributed by atoms with Crippen LogP contribution in [0.2, 0.25) is 0 Å². The van der Waals surface area contributed by atoms with E-state index in [4.69, 9.17) is 4.74 Å². The number of aliphatic imine (C=N–C) groups is 1. The second kappa shape index (κ2) is 4.07. The van der Waals surface area contributed by atoms with Crippen LogP contribution in [0.25, 0.3) is 0 Å². The zero-order valence-corrected chi connectivity index (χ0v) is 10.6. The fourth-order valence-electron chi connectivity index (χ4n) is 1.61. The number of rotatable bonds is 2. The van der Waals surface area contributed by atoms with Crippen LogP contribution in [0.15, 0.2) is 17.5 Å². The highest BCUT2D eigenvalue weighted by Crippen LogP contribution is 2.48. The Hall–Kier alpha value is -1.94. The van der Waals surface area contributed by atoms with Crippen molar-refractivity contribution in [1.29, 1.82) is 0 Å². The van der Waals surface area contributed by atoms with Crippen LogP contribution in [-0.4, -0.2) is 27.3 Å². The number of carbonyl (C=O) groups is 1. The summed E-state index contributed by atoms with van der Waals surface area (Å²) in [5, 5.41) is 0. The summed E-state index contributed by atoms with van der Waals surface area (Å²) in [6.07, 6.45) is 5.51. The highest BCUT2D eigenvalue weighted by molar-refractivity contribution is 5.70. The number of aromatic nitrogens is 2.